The third-order valence-electron chi connectivity index (χ3n) is 3.23. The predicted molar refractivity (Wildman–Crippen MR) is 85.0 cm³/mol. The molecule has 2 rings (SSSR count). The Labute approximate surface area is 128 Å². The first-order valence-corrected chi connectivity index (χ1v) is 7.39. The van der Waals surface area contributed by atoms with Crippen LogP contribution in [0.15, 0.2) is 28.9 Å². The molecule has 0 aliphatic rings. The molecule has 1 unspecified atom stereocenters. The van der Waals surface area contributed by atoms with Crippen LogP contribution in [0.5, 0.6) is 0 Å². The number of halogens is 1. The lowest BCUT2D eigenvalue weighted by Gasteiger charge is -2.21. The number of nitrogens with one attached hydrogen (secondary N) is 1. The zero-order valence-corrected chi connectivity index (χ0v) is 13.8. The summed E-state index contributed by atoms with van der Waals surface area (Å²) >= 11 is 3.49. The summed E-state index contributed by atoms with van der Waals surface area (Å²) < 4.78 is 2.58. The standard InChI is InChI=1S/C14H20BrN5/c1-5-16-12(13-14(15)17-18-20(13)4)10-7-6-8-11(9-10)19(2)3/h6-9,12,16H,5H2,1-4H3. The van der Waals surface area contributed by atoms with Gasteiger partial charge in [-0.1, -0.05) is 24.3 Å². The molecule has 1 aromatic carbocycles. The third-order valence-corrected chi connectivity index (χ3v) is 3.79. The molecule has 1 heterocycles. The lowest BCUT2D eigenvalue weighted by atomic mass is 10.0. The van der Waals surface area contributed by atoms with Crippen molar-refractivity contribution in [1.82, 2.24) is 20.3 Å². The van der Waals surface area contributed by atoms with E-state index >= 15 is 0 Å². The monoisotopic (exact) mass is 337 g/mol. The first kappa shape index (κ1) is 15.0. The first-order valence-electron chi connectivity index (χ1n) is 6.60. The highest BCUT2D eigenvalue weighted by Gasteiger charge is 2.21. The van der Waals surface area contributed by atoms with Crippen LogP contribution in [0.25, 0.3) is 0 Å². The summed E-state index contributed by atoms with van der Waals surface area (Å²) in [5, 5.41) is 11.7. The van der Waals surface area contributed by atoms with Gasteiger partial charge in [-0.05, 0) is 40.2 Å². The Morgan fingerprint density at radius 2 is 2.15 bits per heavy atom. The molecule has 20 heavy (non-hydrogen) atoms. The fraction of sp³-hybridized carbons (Fsp3) is 0.429. The fourth-order valence-electron chi connectivity index (χ4n) is 2.20. The van der Waals surface area contributed by atoms with Crippen LogP contribution in [0.2, 0.25) is 0 Å². The lowest BCUT2D eigenvalue weighted by Crippen LogP contribution is -2.25. The highest BCUT2D eigenvalue weighted by Crippen LogP contribution is 2.28. The van der Waals surface area contributed by atoms with Crippen molar-refractivity contribution in [3.63, 3.8) is 0 Å². The number of aryl methyl sites for hydroxylation is 1. The van der Waals surface area contributed by atoms with E-state index in [0.717, 1.165) is 16.8 Å². The van der Waals surface area contributed by atoms with Crippen LogP contribution >= 0.6 is 15.9 Å². The second-order valence-corrected chi connectivity index (χ2v) is 5.62. The third kappa shape index (κ3) is 3.02. The normalized spacial score (nSPS) is 12.4. The number of aromatic nitrogens is 3. The van der Waals surface area contributed by atoms with Gasteiger partial charge in [-0.3, -0.25) is 0 Å². The van der Waals surface area contributed by atoms with Gasteiger partial charge in [0.1, 0.15) is 0 Å². The smallest absolute Gasteiger partial charge is 0.153 e. The highest BCUT2D eigenvalue weighted by atomic mass is 79.9. The molecular weight excluding hydrogens is 318 g/mol. The fourth-order valence-corrected chi connectivity index (χ4v) is 2.76. The van der Waals surface area contributed by atoms with Crippen molar-refractivity contribution in [1.29, 1.82) is 0 Å². The number of hydrogen-bond acceptors (Lipinski definition) is 4. The molecule has 1 atom stereocenters. The highest BCUT2D eigenvalue weighted by molar-refractivity contribution is 9.10. The molecule has 0 radical (unpaired) electrons. The zero-order chi connectivity index (χ0) is 14.7. The van der Waals surface area contributed by atoms with Gasteiger partial charge in [0.05, 0.1) is 11.7 Å². The van der Waals surface area contributed by atoms with Gasteiger partial charge in [0.2, 0.25) is 0 Å². The molecule has 0 spiro atoms. The van der Waals surface area contributed by atoms with Crippen LogP contribution in [0, 0.1) is 0 Å². The van der Waals surface area contributed by atoms with Gasteiger partial charge in [0.15, 0.2) is 4.60 Å². The van der Waals surface area contributed by atoms with Gasteiger partial charge in [-0.15, -0.1) is 5.10 Å². The molecule has 6 heteroatoms. The Kier molecular flexibility index (Phi) is 4.77. The van der Waals surface area contributed by atoms with Crippen molar-refractivity contribution in [2.45, 2.75) is 13.0 Å². The molecule has 0 saturated heterocycles. The minimum absolute atomic E-state index is 0.0641. The van der Waals surface area contributed by atoms with Crippen molar-refractivity contribution < 1.29 is 0 Å². The number of nitrogens with zero attached hydrogens (tertiary/aromatic N) is 4. The summed E-state index contributed by atoms with van der Waals surface area (Å²) in [6.45, 7) is 2.97. The van der Waals surface area contributed by atoms with Gasteiger partial charge in [0.25, 0.3) is 0 Å². The average molecular weight is 338 g/mol. The van der Waals surface area contributed by atoms with E-state index in [2.05, 4.69) is 67.6 Å². The van der Waals surface area contributed by atoms with E-state index in [1.807, 2.05) is 21.1 Å². The van der Waals surface area contributed by atoms with E-state index < -0.39 is 0 Å². The number of anilines is 1. The van der Waals surface area contributed by atoms with Gasteiger partial charge in [-0.2, -0.15) is 0 Å². The van der Waals surface area contributed by atoms with Crippen LogP contribution in [-0.4, -0.2) is 35.6 Å². The molecule has 0 saturated carbocycles. The predicted octanol–water partition coefficient (Wildman–Crippen LogP) is 2.34. The number of rotatable bonds is 5. The van der Waals surface area contributed by atoms with E-state index in [4.69, 9.17) is 0 Å². The van der Waals surface area contributed by atoms with Crippen molar-refractivity contribution in [2.24, 2.45) is 7.05 Å². The Hall–Kier alpha value is -1.40. The van der Waals surface area contributed by atoms with E-state index in [0.29, 0.717) is 0 Å². The van der Waals surface area contributed by atoms with E-state index in [9.17, 15) is 0 Å². The summed E-state index contributed by atoms with van der Waals surface area (Å²) in [5.41, 5.74) is 3.41. The molecule has 2 aromatic rings. The first-order chi connectivity index (χ1) is 9.54. The van der Waals surface area contributed by atoms with Crippen molar-refractivity contribution >= 4 is 21.6 Å². The maximum atomic E-state index is 4.08. The SMILES string of the molecule is CCNC(c1cccc(N(C)C)c1)c1c(Br)nnn1C. The van der Waals surface area contributed by atoms with E-state index in [1.165, 1.54) is 11.3 Å². The molecule has 0 fully saturated rings. The number of hydrogen-bond donors (Lipinski definition) is 1. The molecule has 0 amide bonds. The second-order valence-electron chi connectivity index (χ2n) is 4.87. The largest absolute Gasteiger partial charge is 0.378 e. The van der Waals surface area contributed by atoms with Crippen molar-refractivity contribution in [2.75, 3.05) is 25.5 Å². The zero-order valence-electron chi connectivity index (χ0n) is 12.3. The Balaban J connectivity index is 2.46. The van der Waals surface area contributed by atoms with Crippen molar-refractivity contribution in [3.05, 3.63) is 40.1 Å². The van der Waals surface area contributed by atoms with Gasteiger partial charge in [0, 0.05) is 26.8 Å². The topological polar surface area (TPSA) is 46.0 Å². The van der Waals surface area contributed by atoms with E-state index in [-0.39, 0.29) is 6.04 Å². The molecule has 108 valence electrons. The minimum atomic E-state index is 0.0641. The molecule has 1 aromatic heterocycles. The van der Waals surface area contributed by atoms with Gasteiger partial charge >= 0.3 is 0 Å². The molecule has 0 bridgehead atoms. The van der Waals surface area contributed by atoms with Crippen LogP contribution in [0.4, 0.5) is 5.69 Å². The van der Waals surface area contributed by atoms with Gasteiger partial charge < -0.3 is 10.2 Å². The maximum absolute atomic E-state index is 4.08. The minimum Gasteiger partial charge on any atom is -0.378 e. The van der Waals surface area contributed by atoms with Crippen LogP contribution in [0.1, 0.15) is 24.2 Å². The van der Waals surface area contributed by atoms with E-state index in [1.54, 1.807) is 4.68 Å². The molecule has 0 aliphatic heterocycles. The Bertz CT molecular complexity index is 559. The molecule has 1 N–H and O–H groups in total. The summed E-state index contributed by atoms with van der Waals surface area (Å²) in [4.78, 5) is 2.10. The summed E-state index contributed by atoms with van der Waals surface area (Å²) in [5.74, 6) is 0. The van der Waals surface area contributed by atoms with Gasteiger partial charge in [-0.25, -0.2) is 4.68 Å². The number of benzene rings is 1. The Morgan fingerprint density at radius 1 is 1.40 bits per heavy atom. The molecule has 0 aliphatic carbocycles. The van der Waals surface area contributed by atoms with Crippen molar-refractivity contribution in [3.8, 4) is 0 Å². The summed E-state index contributed by atoms with van der Waals surface area (Å²) in [6, 6.07) is 8.55. The van der Waals surface area contributed by atoms with Crippen LogP contribution < -0.4 is 10.2 Å². The summed E-state index contributed by atoms with van der Waals surface area (Å²) in [7, 11) is 6.00. The lowest BCUT2D eigenvalue weighted by molar-refractivity contribution is 0.567. The Morgan fingerprint density at radius 3 is 2.70 bits per heavy atom. The molecule has 5 nitrogen and oxygen atoms in total. The van der Waals surface area contributed by atoms with Crippen LogP contribution in [-0.2, 0) is 7.05 Å². The van der Waals surface area contributed by atoms with Crippen LogP contribution in [0.3, 0.4) is 0 Å². The summed E-state index contributed by atoms with van der Waals surface area (Å²) in [6.07, 6.45) is 0. The second kappa shape index (κ2) is 6.37. The average Bonchev–Trinajstić information content (AvgIpc) is 2.76. The quantitative estimate of drug-likeness (QED) is 0.909. The maximum Gasteiger partial charge on any atom is 0.153 e. The molecular formula is C14H20BrN5.